The van der Waals surface area contributed by atoms with Crippen molar-refractivity contribution in [3.63, 3.8) is 0 Å². The second kappa shape index (κ2) is 9.89. The van der Waals surface area contributed by atoms with Crippen LogP contribution in [0.15, 0.2) is 35.5 Å². The number of aromatic nitrogens is 3. The molecule has 4 aromatic rings. The van der Waals surface area contributed by atoms with Crippen LogP contribution in [-0.4, -0.2) is 45.7 Å². The van der Waals surface area contributed by atoms with E-state index in [1.165, 1.54) is 36.1 Å². The van der Waals surface area contributed by atoms with Crippen molar-refractivity contribution in [2.75, 3.05) is 30.4 Å². The summed E-state index contributed by atoms with van der Waals surface area (Å²) in [4.78, 5) is 36.4. The van der Waals surface area contributed by atoms with Crippen molar-refractivity contribution in [1.82, 2.24) is 14.5 Å². The summed E-state index contributed by atoms with van der Waals surface area (Å²) in [5.74, 6) is -1.81. The summed E-state index contributed by atoms with van der Waals surface area (Å²) in [6, 6.07) is 2.83. The number of anilines is 2. The second-order valence-corrected chi connectivity index (χ2v) is 11.8. The maximum absolute atomic E-state index is 15.7. The lowest BCUT2D eigenvalue weighted by Gasteiger charge is -2.26. The Balaban J connectivity index is 1.43. The highest BCUT2D eigenvalue weighted by molar-refractivity contribution is 5.98. The number of hydrogen-bond donors (Lipinski definition) is 2. The average molecular weight is 572 g/mol. The number of rotatable bonds is 7. The predicted molar refractivity (Wildman–Crippen MR) is 157 cm³/mol. The van der Waals surface area contributed by atoms with E-state index in [1.54, 1.807) is 32.6 Å². The summed E-state index contributed by atoms with van der Waals surface area (Å²) < 4.78 is 32.1. The number of carboxylic acids is 1. The third-order valence-electron chi connectivity index (χ3n) is 9.16. The van der Waals surface area contributed by atoms with Crippen LogP contribution in [0, 0.1) is 23.5 Å². The molecule has 8 nitrogen and oxygen atoms in total. The molecule has 3 aliphatic rings. The first-order valence-corrected chi connectivity index (χ1v) is 14.4. The van der Waals surface area contributed by atoms with Gasteiger partial charge in [-0.25, -0.2) is 18.6 Å². The monoisotopic (exact) mass is 571 g/mol. The van der Waals surface area contributed by atoms with Gasteiger partial charge in [0, 0.05) is 86.2 Å². The van der Waals surface area contributed by atoms with Gasteiger partial charge in [-0.15, -0.1) is 0 Å². The van der Waals surface area contributed by atoms with E-state index < -0.39 is 23.0 Å². The maximum Gasteiger partial charge on any atom is 0.341 e. The van der Waals surface area contributed by atoms with E-state index in [0.29, 0.717) is 51.6 Å². The van der Waals surface area contributed by atoms with Gasteiger partial charge in [-0.05, 0) is 36.3 Å². The van der Waals surface area contributed by atoms with Gasteiger partial charge >= 0.3 is 5.97 Å². The number of aryl methyl sites for hydroxylation is 1. The number of carbonyl (C=O) groups is 1. The van der Waals surface area contributed by atoms with Crippen LogP contribution >= 0.6 is 0 Å². The normalized spacial score (nSPS) is 17.5. The lowest BCUT2D eigenvalue weighted by atomic mass is 9.96. The first-order chi connectivity index (χ1) is 20.2. The summed E-state index contributed by atoms with van der Waals surface area (Å²) in [7, 11) is 3.33. The number of nitrogens with zero attached hydrogens (tertiary/aromatic N) is 4. The highest BCUT2D eigenvalue weighted by Gasteiger charge is 2.36. The largest absolute Gasteiger partial charge is 0.477 e. The van der Waals surface area contributed by atoms with Crippen molar-refractivity contribution in [2.24, 2.45) is 18.9 Å². The van der Waals surface area contributed by atoms with Crippen LogP contribution in [0.3, 0.4) is 0 Å². The fraction of sp³-hybridized carbons (Fsp3) is 0.375. The van der Waals surface area contributed by atoms with Gasteiger partial charge in [-0.1, -0.05) is 19.3 Å². The molecule has 0 bridgehead atoms. The highest BCUT2D eigenvalue weighted by atomic mass is 19.2. The van der Waals surface area contributed by atoms with Crippen molar-refractivity contribution in [2.45, 2.75) is 38.5 Å². The van der Waals surface area contributed by atoms with Gasteiger partial charge in [0.25, 0.3) is 0 Å². The number of benzene rings is 1. The molecule has 0 radical (unpaired) electrons. The van der Waals surface area contributed by atoms with Crippen molar-refractivity contribution in [3.8, 4) is 22.3 Å². The lowest BCUT2D eigenvalue weighted by Crippen LogP contribution is -2.22. The smallest absolute Gasteiger partial charge is 0.341 e. The second-order valence-electron chi connectivity index (χ2n) is 11.8. The molecule has 42 heavy (non-hydrogen) atoms. The molecule has 2 aliphatic carbocycles. The molecule has 1 atom stereocenters. The maximum atomic E-state index is 15.7. The zero-order valence-corrected chi connectivity index (χ0v) is 23.5. The quantitative estimate of drug-likeness (QED) is 0.262. The molecule has 3 aromatic heterocycles. The minimum Gasteiger partial charge on any atom is -0.477 e. The third kappa shape index (κ3) is 4.23. The fourth-order valence-electron chi connectivity index (χ4n) is 6.79. The fourth-order valence-corrected chi connectivity index (χ4v) is 6.79. The number of nitrogens with one attached hydrogen (secondary N) is 1. The molecule has 1 aromatic carbocycles. The Hall–Kier alpha value is -4.34. The van der Waals surface area contributed by atoms with Crippen LogP contribution in [0.25, 0.3) is 33.3 Å². The molecule has 7 rings (SSSR count). The molecule has 0 spiro atoms. The van der Waals surface area contributed by atoms with Crippen molar-refractivity contribution in [3.05, 3.63) is 69.4 Å². The number of pyridine rings is 3. The topological polar surface area (TPSA) is 100 Å². The number of aromatic carboxylic acids is 1. The molecular weight excluding hydrogens is 540 g/mol. The minimum atomic E-state index is -1.31. The first-order valence-electron chi connectivity index (χ1n) is 14.4. The Morgan fingerprint density at radius 1 is 1.10 bits per heavy atom. The Morgan fingerprint density at radius 2 is 1.88 bits per heavy atom. The van der Waals surface area contributed by atoms with Gasteiger partial charge in [0.15, 0.2) is 11.6 Å². The molecule has 2 fully saturated rings. The van der Waals surface area contributed by atoms with Gasteiger partial charge in [0.05, 0.1) is 16.8 Å². The molecule has 4 heterocycles. The van der Waals surface area contributed by atoms with Gasteiger partial charge < -0.3 is 19.9 Å². The minimum absolute atomic E-state index is 0.167. The Kier molecular flexibility index (Phi) is 6.25. The van der Waals surface area contributed by atoms with Gasteiger partial charge in [0.1, 0.15) is 11.2 Å². The average Bonchev–Trinajstić information content (AvgIpc) is 3.55. The molecule has 1 aliphatic heterocycles. The summed E-state index contributed by atoms with van der Waals surface area (Å²) in [5.41, 5.74) is 4.00. The van der Waals surface area contributed by atoms with E-state index in [9.17, 15) is 19.1 Å². The Bertz CT molecular complexity index is 1850. The number of hydrogen-bond acceptors (Lipinski definition) is 6. The molecule has 1 saturated carbocycles. The molecule has 2 N–H and O–H groups in total. The molecule has 1 saturated heterocycles. The molecule has 1 unspecified atom stereocenters. The predicted octanol–water partition coefficient (Wildman–Crippen LogP) is 5.60. The van der Waals surface area contributed by atoms with Crippen molar-refractivity contribution in [1.29, 1.82) is 0 Å². The Labute approximate surface area is 241 Å². The van der Waals surface area contributed by atoms with Gasteiger partial charge in [-0.3, -0.25) is 9.78 Å². The van der Waals surface area contributed by atoms with Crippen LogP contribution < -0.4 is 15.6 Å². The van der Waals surface area contributed by atoms with Crippen LogP contribution in [0.4, 0.5) is 20.2 Å². The summed E-state index contributed by atoms with van der Waals surface area (Å²) >= 11 is 0. The van der Waals surface area contributed by atoms with Crippen LogP contribution in [0.1, 0.15) is 53.7 Å². The van der Waals surface area contributed by atoms with Crippen LogP contribution in [0.5, 0.6) is 0 Å². The molecule has 10 heteroatoms. The molecule has 0 amide bonds. The van der Waals surface area contributed by atoms with E-state index in [-0.39, 0.29) is 16.5 Å². The zero-order valence-electron chi connectivity index (χ0n) is 23.5. The third-order valence-corrected chi connectivity index (χ3v) is 9.16. The van der Waals surface area contributed by atoms with E-state index in [1.807, 2.05) is 0 Å². The molecule has 216 valence electrons. The summed E-state index contributed by atoms with van der Waals surface area (Å²) in [6.45, 7) is 1.54. The standard InChI is InChI=1S/C32H31F2N5O3/c1-35-24-11-23(33)28(34)26-19(24)10-25-27(26)29(39-8-7-17(14-39)6-5-16-3-4-16)21(13-36-25)18-9-20-30(40)22(32(41)42)15-38(2)31(20)37-12-18/h9,11-13,15-17,35H,3-8,10,14H2,1-2H3,(H,41,42). The summed E-state index contributed by atoms with van der Waals surface area (Å²) in [5, 5.41) is 12.8. The van der Waals surface area contributed by atoms with Crippen molar-refractivity contribution < 1.29 is 18.7 Å². The SMILES string of the molecule is CNc1cc(F)c(F)c2c1Cc1ncc(-c3cnc4c(c3)c(=O)c(C(=O)O)cn4C)c(N3CCC(CCC4CC4)C3)c1-2. The van der Waals surface area contributed by atoms with E-state index in [2.05, 4.69) is 15.2 Å². The van der Waals surface area contributed by atoms with Crippen LogP contribution in [-0.2, 0) is 13.5 Å². The van der Waals surface area contributed by atoms with Gasteiger partial charge in [0.2, 0.25) is 5.43 Å². The van der Waals surface area contributed by atoms with Gasteiger partial charge in [-0.2, -0.15) is 0 Å². The molecular formula is C32H31F2N5O3. The number of fused-ring (bicyclic) bond motifs is 4. The summed E-state index contributed by atoms with van der Waals surface area (Å²) in [6.07, 6.45) is 11.0. The number of halogens is 2. The zero-order chi connectivity index (χ0) is 29.3. The first kappa shape index (κ1) is 26.6. The lowest BCUT2D eigenvalue weighted by molar-refractivity contribution is 0.0695. The van der Waals surface area contributed by atoms with E-state index in [4.69, 9.17) is 4.98 Å². The van der Waals surface area contributed by atoms with E-state index in [0.717, 1.165) is 37.5 Å². The van der Waals surface area contributed by atoms with Crippen LogP contribution in [0.2, 0.25) is 0 Å². The highest BCUT2D eigenvalue weighted by Crippen LogP contribution is 2.51. The number of carboxylic acid groups (broad SMARTS) is 1. The Morgan fingerprint density at radius 3 is 2.62 bits per heavy atom. The van der Waals surface area contributed by atoms with E-state index >= 15 is 4.39 Å². The van der Waals surface area contributed by atoms with Crippen molar-refractivity contribution >= 4 is 28.4 Å².